The third kappa shape index (κ3) is 3.37. The lowest BCUT2D eigenvalue weighted by Gasteiger charge is -2.11. The third-order valence-corrected chi connectivity index (χ3v) is 2.31. The topological polar surface area (TPSA) is 70.9 Å². The molecule has 2 aromatic heterocycles. The minimum absolute atomic E-state index is 0.169. The van der Waals surface area contributed by atoms with Crippen molar-refractivity contribution in [2.24, 2.45) is 0 Å². The van der Waals surface area contributed by atoms with Gasteiger partial charge in [-0.2, -0.15) is 0 Å². The lowest BCUT2D eigenvalue weighted by atomic mass is 10.2. The quantitative estimate of drug-likeness (QED) is 0.808. The molecule has 0 radical (unpaired) electrons. The molecule has 5 nitrogen and oxygen atoms in total. The molecular formula is C11H11ClN4O. The van der Waals surface area contributed by atoms with Crippen LogP contribution in [0.25, 0.3) is 0 Å². The van der Waals surface area contributed by atoms with Crippen LogP contribution in [0.1, 0.15) is 11.8 Å². The molecule has 0 aliphatic heterocycles. The van der Waals surface area contributed by atoms with Gasteiger partial charge in [0.2, 0.25) is 5.28 Å². The van der Waals surface area contributed by atoms with Crippen molar-refractivity contribution in [3.63, 3.8) is 0 Å². The number of pyridine rings is 1. The van der Waals surface area contributed by atoms with Gasteiger partial charge in [0, 0.05) is 18.9 Å². The minimum atomic E-state index is -0.690. The van der Waals surface area contributed by atoms with E-state index >= 15 is 0 Å². The number of aliphatic hydroxyl groups is 1. The smallest absolute Gasteiger partial charge is 0.224 e. The van der Waals surface area contributed by atoms with Crippen molar-refractivity contribution in [2.75, 3.05) is 11.9 Å². The Hall–Kier alpha value is -1.72. The van der Waals surface area contributed by atoms with Crippen LogP contribution in [0.5, 0.6) is 0 Å². The van der Waals surface area contributed by atoms with Gasteiger partial charge in [-0.25, -0.2) is 9.97 Å². The van der Waals surface area contributed by atoms with Gasteiger partial charge in [-0.3, -0.25) is 4.98 Å². The maximum absolute atomic E-state index is 9.85. The van der Waals surface area contributed by atoms with Gasteiger partial charge in [-0.1, -0.05) is 6.07 Å². The number of aliphatic hydroxyl groups excluding tert-OH is 1. The highest BCUT2D eigenvalue weighted by Gasteiger charge is 2.08. The van der Waals surface area contributed by atoms with Crippen molar-refractivity contribution in [1.82, 2.24) is 15.0 Å². The van der Waals surface area contributed by atoms with Crippen LogP contribution in [0.3, 0.4) is 0 Å². The molecule has 6 heteroatoms. The average molecular weight is 251 g/mol. The van der Waals surface area contributed by atoms with Crippen LogP contribution in [0.2, 0.25) is 5.28 Å². The summed E-state index contributed by atoms with van der Waals surface area (Å²) < 4.78 is 0. The number of nitrogens with zero attached hydrogens (tertiary/aromatic N) is 3. The Bertz CT molecular complexity index is 480. The molecule has 0 spiro atoms. The molecule has 2 N–H and O–H groups in total. The predicted molar refractivity (Wildman–Crippen MR) is 64.7 cm³/mol. The van der Waals surface area contributed by atoms with Crippen molar-refractivity contribution in [1.29, 1.82) is 0 Å². The van der Waals surface area contributed by atoms with Crippen LogP contribution in [-0.4, -0.2) is 26.6 Å². The number of nitrogens with one attached hydrogen (secondary N) is 1. The minimum Gasteiger partial charge on any atom is -0.385 e. The summed E-state index contributed by atoms with van der Waals surface area (Å²) >= 11 is 5.64. The van der Waals surface area contributed by atoms with E-state index in [9.17, 15) is 5.11 Å². The van der Waals surface area contributed by atoms with Crippen molar-refractivity contribution < 1.29 is 5.11 Å². The molecule has 0 aliphatic carbocycles. The van der Waals surface area contributed by atoms with Gasteiger partial charge in [0.1, 0.15) is 11.9 Å². The summed E-state index contributed by atoms with van der Waals surface area (Å²) in [5.41, 5.74) is 0.611. The van der Waals surface area contributed by atoms with Crippen LogP contribution >= 0.6 is 11.6 Å². The van der Waals surface area contributed by atoms with Gasteiger partial charge >= 0.3 is 0 Å². The molecule has 0 aliphatic rings. The second-order valence-corrected chi connectivity index (χ2v) is 3.70. The molecule has 1 unspecified atom stereocenters. The molecule has 2 aromatic rings. The van der Waals surface area contributed by atoms with E-state index in [1.165, 1.54) is 0 Å². The largest absolute Gasteiger partial charge is 0.385 e. The summed E-state index contributed by atoms with van der Waals surface area (Å²) in [5, 5.41) is 13.0. The van der Waals surface area contributed by atoms with Gasteiger partial charge in [0.15, 0.2) is 0 Å². The maximum Gasteiger partial charge on any atom is 0.224 e. The highest BCUT2D eigenvalue weighted by atomic mass is 35.5. The van der Waals surface area contributed by atoms with E-state index in [-0.39, 0.29) is 5.28 Å². The fraction of sp³-hybridized carbons (Fsp3) is 0.182. The third-order valence-electron chi connectivity index (χ3n) is 2.13. The fourth-order valence-corrected chi connectivity index (χ4v) is 1.46. The molecule has 2 heterocycles. The average Bonchev–Trinajstić information content (AvgIpc) is 2.37. The Morgan fingerprint density at radius 3 is 2.82 bits per heavy atom. The number of halogens is 1. The number of hydrogen-bond acceptors (Lipinski definition) is 5. The van der Waals surface area contributed by atoms with E-state index < -0.39 is 6.10 Å². The molecule has 0 aromatic carbocycles. The van der Waals surface area contributed by atoms with E-state index in [2.05, 4.69) is 20.3 Å². The highest BCUT2D eigenvalue weighted by Crippen LogP contribution is 2.11. The molecule has 0 amide bonds. The van der Waals surface area contributed by atoms with Gasteiger partial charge in [-0.05, 0) is 29.8 Å². The monoisotopic (exact) mass is 250 g/mol. The Morgan fingerprint density at radius 1 is 1.24 bits per heavy atom. The SMILES string of the molecule is OC(CNc1ccnc(Cl)n1)c1ccccn1. The van der Waals surface area contributed by atoms with Crippen LogP contribution in [0.15, 0.2) is 36.7 Å². The first-order valence-electron chi connectivity index (χ1n) is 5.07. The van der Waals surface area contributed by atoms with Gasteiger partial charge in [0.05, 0.1) is 5.69 Å². The number of hydrogen-bond donors (Lipinski definition) is 2. The first kappa shape index (κ1) is 11.8. The van der Waals surface area contributed by atoms with E-state index in [0.29, 0.717) is 18.1 Å². The second-order valence-electron chi connectivity index (χ2n) is 3.36. The summed E-state index contributed by atoms with van der Waals surface area (Å²) in [4.78, 5) is 11.8. The Labute approximate surface area is 104 Å². The Morgan fingerprint density at radius 2 is 2.12 bits per heavy atom. The Balaban J connectivity index is 1.95. The normalized spacial score (nSPS) is 12.1. The molecule has 17 heavy (non-hydrogen) atoms. The standard InChI is InChI=1S/C11H11ClN4O/c12-11-14-6-4-10(16-11)15-7-9(17)8-3-1-2-5-13-8/h1-6,9,17H,7H2,(H,14,15,16). The zero-order valence-corrected chi connectivity index (χ0v) is 9.67. The van der Waals surface area contributed by atoms with E-state index in [0.717, 1.165) is 0 Å². The predicted octanol–water partition coefficient (Wildman–Crippen LogP) is 1.67. The lowest BCUT2D eigenvalue weighted by Crippen LogP contribution is -2.14. The second kappa shape index (κ2) is 5.56. The van der Waals surface area contributed by atoms with Crippen LogP contribution in [-0.2, 0) is 0 Å². The Kier molecular flexibility index (Phi) is 3.85. The zero-order chi connectivity index (χ0) is 12.1. The molecule has 0 saturated heterocycles. The van der Waals surface area contributed by atoms with Gasteiger partial charge in [0.25, 0.3) is 0 Å². The number of aromatic nitrogens is 3. The zero-order valence-electron chi connectivity index (χ0n) is 8.92. The first-order chi connectivity index (χ1) is 8.25. The van der Waals surface area contributed by atoms with Crippen molar-refractivity contribution in [2.45, 2.75) is 6.10 Å². The summed E-state index contributed by atoms with van der Waals surface area (Å²) in [6.45, 7) is 0.310. The fourth-order valence-electron chi connectivity index (χ4n) is 1.31. The van der Waals surface area contributed by atoms with E-state index in [1.807, 2.05) is 6.07 Å². The van der Waals surface area contributed by atoms with Crippen LogP contribution in [0, 0.1) is 0 Å². The molecular weight excluding hydrogens is 240 g/mol. The van der Waals surface area contributed by atoms with Crippen molar-refractivity contribution >= 4 is 17.4 Å². The molecule has 1 atom stereocenters. The molecule has 0 fully saturated rings. The molecule has 2 rings (SSSR count). The molecule has 0 saturated carbocycles. The lowest BCUT2D eigenvalue weighted by molar-refractivity contribution is 0.186. The highest BCUT2D eigenvalue weighted by molar-refractivity contribution is 6.28. The van der Waals surface area contributed by atoms with Crippen molar-refractivity contribution in [3.8, 4) is 0 Å². The van der Waals surface area contributed by atoms with Gasteiger partial charge < -0.3 is 10.4 Å². The first-order valence-corrected chi connectivity index (χ1v) is 5.45. The van der Waals surface area contributed by atoms with E-state index in [1.54, 1.807) is 30.6 Å². The summed E-state index contributed by atoms with van der Waals surface area (Å²) in [7, 11) is 0. The van der Waals surface area contributed by atoms with Crippen molar-refractivity contribution in [3.05, 3.63) is 47.6 Å². The number of rotatable bonds is 4. The summed E-state index contributed by atoms with van der Waals surface area (Å²) in [5.74, 6) is 0.569. The number of anilines is 1. The summed E-state index contributed by atoms with van der Waals surface area (Å²) in [6, 6.07) is 7.07. The molecule has 0 bridgehead atoms. The van der Waals surface area contributed by atoms with Gasteiger partial charge in [-0.15, -0.1) is 0 Å². The van der Waals surface area contributed by atoms with Crippen LogP contribution < -0.4 is 5.32 Å². The summed E-state index contributed by atoms with van der Waals surface area (Å²) in [6.07, 6.45) is 2.50. The molecule has 88 valence electrons. The maximum atomic E-state index is 9.85. The van der Waals surface area contributed by atoms with E-state index in [4.69, 9.17) is 11.6 Å². The van der Waals surface area contributed by atoms with Crippen LogP contribution in [0.4, 0.5) is 5.82 Å².